The van der Waals surface area contributed by atoms with Gasteiger partial charge in [0.25, 0.3) is 11.8 Å². The van der Waals surface area contributed by atoms with Crippen LogP contribution >= 0.6 is 0 Å². The summed E-state index contributed by atoms with van der Waals surface area (Å²) in [6.07, 6.45) is 1.63. The molecular formula is C18H24N4O4. The Labute approximate surface area is 152 Å². The van der Waals surface area contributed by atoms with Crippen LogP contribution in [0.2, 0.25) is 0 Å². The summed E-state index contributed by atoms with van der Waals surface area (Å²) in [5, 5.41) is 9.43. The van der Waals surface area contributed by atoms with Gasteiger partial charge in [0.1, 0.15) is 0 Å². The maximum Gasteiger partial charge on any atom is 0.273 e. The van der Waals surface area contributed by atoms with Gasteiger partial charge in [0, 0.05) is 25.4 Å². The van der Waals surface area contributed by atoms with Gasteiger partial charge >= 0.3 is 0 Å². The lowest BCUT2D eigenvalue weighted by Gasteiger charge is -2.12. The molecule has 8 heteroatoms. The first-order valence-electron chi connectivity index (χ1n) is 8.54. The molecule has 2 amide bonds. The number of carbonyl (C=O) groups is 2. The van der Waals surface area contributed by atoms with Crippen LogP contribution < -0.4 is 20.1 Å². The third-order valence-corrected chi connectivity index (χ3v) is 3.58. The fraction of sp³-hybridized carbons (Fsp3) is 0.389. The zero-order valence-corrected chi connectivity index (χ0v) is 15.5. The molecule has 0 aliphatic heterocycles. The molecular weight excluding hydrogens is 336 g/mol. The van der Waals surface area contributed by atoms with Crippen LogP contribution in [0.1, 0.15) is 41.6 Å². The summed E-state index contributed by atoms with van der Waals surface area (Å²) in [6.45, 7) is 7.16. The summed E-state index contributed by atoms with van der Waals surface area (Å²) in [4.78, 5) is 24.6. The van der Waals surface area contributed by atoms with E-state index in [1.54, 1.807) is 29.1 Å². The third kappa shape index (κ3) is 4.33. The van der Waals surface area contributed by atoms with Crippen LogP contribution in [0.25, 0.3) is 0 Å². The first-order valence-corrected chi connectivity index (χ1v) is 8.54. The van der Waals surface area contributed by atoms with Crippen LogP contribution in [-0.4, -0.2) is 41.9 Å². The standard InChI is InChI=1S/C18H24N4O4/c1-5-22-11-13(16(21-22)18(24)19-4)20-17(23)12-8-9-14(25-6-2)15(10-12)26-7-3/h8-11H,5-7H2,1-4H3,(H,19,24)(H,20,23). The Balaban J connectivity index is 2.28. The van der Waals surface area contributed by atoms with Gasteiger partial charge in [-0.2, -0.15) is 5.10 Å². The maximum atomic E-state index is 12.6. The average molecular weight is 360 g/mol. The van der Waals surface area contributed by atoms with Crippen molar-refractivity contribution >= 4 is 17.5 Å². The highest BCUT2D eigenvalue weighted by atomic mass is 16.5. The Hall–Kier alpha value is -3.03. The van der Waals surface area contributed by atoms with Gasteiger partial charge in [-0.15, -0.1) is 0 Å². The normalized spacial score (nSPS) is 10.3. The molecule has 0 fully saturated rings. The molecule has 0 radical (unpaired) electrons. The summed E-state index contributed by atoms with van der Waals surface area (Å²) >= 11 is 0. The van der Waals surface area contributed by atoms with Crippen LogP contribution in [0.15, 0.2) is 24.4 Å². The molecule has 0 unspecified atom stereocenters. The number of carbonyl (C=O) groups excluding carboxylic acids is 2. The van der Waals surface area contributed by atoms with E-state index in [9.17, 15) is 9.59 Å². The summed E-state index contributed by atoms with van der Waals surface area (Å²) in [7, 11) is 1.51. The van der Waals surface area contributed by atoms with Gasteiger partial charge in [0.2, 0.25) is 0 Å². The molecule has 8 nitrogen and oxygen atoms in total. The summed E-state index contributed by atoms with van der Waals surface area (Å²) in [6, 6.07) is 4.96. The minimum Gasteiger partial charge on any atom is -0.490 e. The van der Waals surface area contributed by atoms with E-state index in [1.165, 1.54) is 7.05 Å². The molecule has 0 atom stereocenters. The number of amides is 2. The molecule has 1 aromatic carbocycles. The van der Waals surface area contributed by atoms with Gasteiger partial charge in [0.05, 0.1) is 18.9 Å². The Kier molecular flexibility index (Phi) is 6.60. The topological polar surface area (TPSA) is 94.5 Å². The van der Waals surface area contributed by atoms with Gasteiger partial charge in [-0.05, 0) is 39.0 Å². The van der Waals surface area contributed by atoms with Crippen LogP contribution in [0.4, 0.5) is 5.69 Å². The van der Waals surface area contributed by atoms with Crippen LogP contribution in [0.5, 0.6) is 11.5 Å². The van der Waals surface area contributed by atoms with E-state index in [0.29, 0.717) is 42.5 Å². The van der Waals surface area contributed by atoms with Crippen molar-refractivity contribution in [2.45, 2.75) is 27.3 Å². The molecule has 2 N–H and O–H groups in total. The van der Waals surface area contributed by atoms with E-state index in [0.717, 1.165) is 0 Å². The fourth-order valence-electron chi connectivity index (χ4n) is 2.35. The average Bonchev–Trinajstić information content (AvgIpc) is 3.05. The number of nitrogens with zero attached hydrogens (tertiary/aromatic N) is 2. The zero-order valence-electron chi connectivity index (χ0n) is 15.5. The number of hydrogen-bond acceptors (Lipinski definition) is 5. The molecule has 0 aliphatic carbocycles. The molecule has 0 aliphatic rings. The quantitative estimate of drug-likeness (QED) is 0.753. The summed E-state index contributed by atoms with van der Waals surface area (Å²) in [5.41, 5.74) is 0.908. The molecule has 1 heterocycles. The molecule has 0 bridgehead atoms. The van der Waals surface area contributed by atoms with E-state index in [4.69, 9.17) is 9.47 Å². The maximum absolute atomic E-state index is 12.6. The minimum absolute atomic E-state index is 0.165. The number of aryl methyl sites for hydroxylation is 1. The van der Waals surface area contributed by atoms with Crippen molar-refractivity contribution in [3.63, 3.8) is 0 Å². The van der Waals surface area contributed by atoms with Gasteiger partial charge in [-0.1, -0.05) is 0 Å². The third-order valence-electron chi connectivity index (χ3n) is 3.58. The number of ether oxygens (including phenoxy) is 2. The lowest BCUT2D eigenvalue weighted by Crippen LogP contribution is -2.21. The molecule has 1 aromatic heterocycles. The Bertz CT molecular complexity index is 785. The van der Waals surface area contributed by atoms with E-state index in [1.807, 2.05) is 20.8 Å². The van der Waals surface area contributed by atoms with Gasteiger partial charge in [-0.25, -0.2) is 0 Å². The molecule has 0 spiro atoms. The SMILES string of the molecule is CCOc1ccc(C(=O)Nc2cn(CC)nc2C(=O)NC)cc1OCC. The molecule has 26 heavy (non-hydrogen) atoms. The monoisotopic (exact) mass is 360 g/mol. The lowest BCUT2D eigenvalue weighted by molar-refractivity contribution is 0.0958. The minimum atomic E-state index is -0.366. The predicted octanol–water partition coefficient (Wildman–Crippen LogP) is 2.31. The van der Waals surface area contributed by atoms with Crippen LogP contribution in [-0.2, 0) is 6.54 Å². The Morgan fingerprint density at radius 1 is 1.08 bits per heavy atom. The smallest absolute Gasteiger partial charge is 0.273 e. The fourth-order valence-corrected chi connectivity index (χ4v) is 2.35. The van der Waals surface area contributed by atoms with Crippen molar-refractivity contribution in [1.82, 2.24) is 15.1 Å². The molecule has 2 aromatic rings. The highest BCUT2D eigenvalue weighted by Crippen LogP contribution is 2.29. The Morgan fingerprint density at radius 2 is 1.77 bits per heavy atom. The summed E-state index contributed by atoms with van der Waals surface area (Å²) in [5.74, 6) is 0.345. The first-order chi connectivity index (χ1) is 12.5. The van der Waals surface area contributed by atoms with Crippen molar-refractivity contribution < 1.29 is 19.1 Å². The second kappa shape index (κ2) is 8.89. The Morgan fingerprint density at radius 3 is 2.38 bits per heavy atom. The molecule has 140 valence electrons. The van der Waals surface area contributed by atoms with E-state index < -0.39 is 0 Å². The van der Waals surface area contributed by atoms with Crippen molar-refractivity contribution in [2.75, 3.05) is 25.6 Å². The highest BCUT2D eigenvalue weighted by molar-refractivity contribution is 6.08. The van der Waals surface area contributed by atoms with Crippen LogP contribution in [0, 0.1) is 0 Å². The van der Waals surface area contributed by atoms with E-state index >= 15 is 0 Å². The van der Waals surface area contributed by atoms with Crippen LogP contribution in [0.3, 0.4) is 0 Å². The van der Waals surface area contributed by atoms with Crippen molar-refractivity contribution in [2.24, 2.45) is 0 Å². The van der Waals surface area contributed by atoms with Crippen molar-refractivity contribution in [3.05, 3.63) is 35.7 Å². The summed E-state index contributed by atoms with van der Waals surface area (Å²) < 4.78 is 12.6. The largest absolute Gasteiger partial charge is 0.490 e. The number of benzene rings is 1. The zero-order chi connectivity index (χ0) is 19.1. The van der Waals surface area contributed by atoms with Gasteiger partial charge in [0.15, 0.2) is 17.2 Å². The van der Waals surface area contributed by atoms with E-state index in [2.05, 4.69) is 15.7 Å². The van der Waals surface area contributed by atoms with Gasteiger partial charge < -0.3 is 20.1 Å². The number of rotatable bonds is 8. The number of nitrogens with one attached hydrogen (secondary N) is 2. The number of hydrogen-bond donors (Lipinski definition) is 2. The van der Waals surface area contributed by atoms with Gasteiger partial charge in [-0.3, -0.25) is 14.3 Å². The van der Waals surface area contributed by atoms with E-state index in [-0.39, 0.29) is 17.5 Å². The molecule has 0 saturated carbocycles. The second-order valence-corrected chi connectivity index (χ2v) is 5.31. The predicted molar refractivity (Wildman–Crippen MR) is 98.0 cm³/mol. The number of anilines is 1. The number of aromatic nitrogens is 2. The molecule has 2 rings (SSSR count). The lowest BCUT2D eigenvalue weighted by atomic mass is 10.2. The highest BCUT2D eigenvalue weighted by Gasteiger charge is 2.19. The first kappa shape index (κ1) is 19.3. The second-order valence-electron chi connectivity index (χ2n) is 5.31. The molecule has 0 saturated heterocycles. The van der Waals surface area contributed by atoms with Crippen molar-refractivity contribution in [1.29, 1.82) is 0 Å². The van der Waals surface area contributed by atoms with Crippen molar-refractivity contribution in [3.8, 4) is 11.5 Å².